The number of nitrogens with one attached hydrogen (secondary N) is 2. The number of hydrogen-bond acceptors (Lipinski definition) is 5. The van der Waals surface area contributed by atoms with Gasteiger partial charge in [-0.25, -0.2) is 4.98 Å². The zero-order valence-electron chi connectivity index (χ0n) is 13.4. The zero-order chi connectivity index (χ0) is 16.9. The number of halogens is 1. The summed E-state index contributed by atoms with van der Waals surface area (Å²) in [6.07, 6.45) is 0. The van der Waals surface area contributed by atoms with Crippen molar-refractivity contribution in [3.05, 3.63) is 64.8 Å². The number of rotatable bonds is 5. The Morgan fingerprint density at radius 2 is 1.62 bits per heavy atom. The van der Waals surface area contributed by atoms with E-state index in [-0.39, 0.29) is 0 Å². The first-order valence-corrected chi connectivity index (χ1v) is 8.22. The van der Waals surface area contributed by atoms with Crippen molar-refractivity contribution in [2.24, 2.45) is 0 Å². The normalized spacial score (nSPS) is 10.3. The lowest BCUT2D eigenvalue weighted by Crippen LogP contribution is -2.03. The first-order valence-electron chi connectivity index (χ1n) is 7.43. The first-order chi connectivity index (χ1) is 11.7. The summed E-state index contributed by atoms with van der Waals surface area (Å²) >= 11 is 3.51. The number of methoxy groups -OCH3 is 1. The minimum atomic E-state index is 0.527. The predicted octanol–water partition coefficient (Wildman–Crippen LogP) is 5.04. The SMILES string of the molecule is COc1ccccc1Nc1cc(C)nc(Nc2ccccc2Br)n1. The van der Waals surface area contributed by atoms with E-state index in [2.05, 4.69) is 36.5 Å². The summed E-state index contributed by atoms with van der Waals surface area (Å²) in [7, 11) is 1.64. The Morgan fingerprint density at radius 3 is 2.38 bits per heavy atom. The van der Waals surface area contributed by atoms with Gasteiger partial charge in [0.25, 0.3) is 0 Å². The fourth-order valence-corrected chi connectivity index (χ4v) is 2.64. The van der Waals surface area contributed by atoms with Crippen molar-refractivity contribution in [3.8, 4) is 5.75 Å². The standard InChI is InChI=1S/C18H17BrN4O/c1-12-11-17(21-15-9-5-6-10-16(15)24-2)23-18(20-12)22-14-8-4-3-7-13(14)19/h3-11H,1-2H3,(H2,20,21,22,23). The molecule has 0 radical (unpaired) electrons. The Morgan fingerprint density at radius 1 is 0.917 bits per heavy atom. The molecule has 3 rings (SSSR count). The Labute approximate surface area is 149 Å². The first kappa shape index (κ1) is 16.3. The Balaban J connectivity index is 1.88. The second kappa shape index (κ2) is 7.31. The number of para-hydroxylation sites is 3. The third-order valence-electron chi connectivity index (χ3n) is 3.34. The fraction of sp³-hybridized carbons (Fsp3) is 0.111. The number of benzene rings is 2. The second-order valence-electron chi connectivity index (χ2n) is 5.15. The number of anilines is 4. The highest BCUT2D eigenvalue weighted by atomic mass is 79.9. The van der Waals surface area contributed by atoms with Gasteiger partial charge in [-0.3, -0.25) is 0 Å². The monoisotopic (exact) mass is 384 g/mol. The van der Waals surface area contributed by atoms with E-state index in [0.29, 0.717) is 11.8 Å². The van der Waals surface area contributed by atoms with Crippen LogP contribution in [-0.4, -0.2) is 17.1 Å². The molecule has 5 nitrogen and oxygen atoms in total. The van der Waals surface area contributed by atoms with Crippen LogP contribution in [0.5, 0.6) is 5.75 Å². The van der Waals surface area contributed by atoms with Gasteiger partial charge in [-0.15, -0.1) is 0 Å². The average Bonchev–Trinajstić information content (AvgIpc) is 2.57. The third kappa shape index (κ3) is 3.83. The Hall–Kier alpha value is -2.60. The Bertz CT molecular complexity index is 854. The van der Waals surface area contributed by atoms with Crippen molar-refractivity contribution in [3.63, 3.8) is 0 Å². The molecule has 0 saturated heterocycles. The summed E-state index contributed by atoms with van der Waals surface area (Å²) in [6.45, 7) is 1.93. The lowest BCUT2D eigenvalue weighted by molar-refractivity contribution is 0.417. The van der Waals surface area contributed by atoms with Crippen molar-refractivity contribution in [1.29, 1.82) is 0 Å². The molecule has 6 heteroatoms. The molecule has 2 N–H and O–H groups in total. The maximum Gasteiger partial charge on any atom is 0.229 e. The van der Waals surface area contributed by atoms with Crippen LogP contribution in [0.2, 0.25) is 0 Å². The summed E-state index contributed by atoms with van der Waals surface area (Å²) in [5, 5.41) is 6.50. The second-order valence-corrected chi connectivity index (χ2v) is 6.00. The van der Waals surface area contributed by atoms with Gasteiger partial charge >= 0.3 is 0 Å². The molecule has 0 aliphatic rings. The molecular formula is C18H17BrN4O. The number of nitrogens with zero attached hydrogens (tertiary/aromatic N) is 2. The van der Waals surface area contributed by atoms with E-state index in [4.69, 9.17) is 4.74 Å². The lowest BCUT2D eigenvalue weighted by Gasteiger charge is -2.12. The van der Waals surface area contributed by atoms with E-state index in [1.54, 1.807) is 7.11 Å². The van der Waals surface area contributed by atoms with Gasteiger partial charge in [0, 0.05) is 16.2 Å². The van der Waals surface area contributed by atoms with Crippen LogP contribution in [0.3, 0.4) is 0 Å². The molecule has 24 heavy (non-hydrogen) atoms. The van der Waals surface area contributed by atoms with Gasteiger partial charge in [0.1, 0.15) is 11.6 Å². The molecule has 0 bridgehead atoms. The molecule has 0 atom stereocenters. The zero-order valence-corrected chi connectivity index (χ0v) is 15.0. The number of aryl methyl sites for hydroxylation is 1. The van der Waals surface area contributed by atoms with Crippen LogP contribution in [-0.2, 0) is 0 Å². The summed E-state index contributed by atoms with van der Waals surface area (Å²) in [5.74, 6) is 1.98. The fourth-order valence-electron chi connectivity index (χ4n) is 2.26. The van der Waals surface area contributed by atoms with Crippen molar-refractivity contribution in [2.75, 3.05) is 17.7 Å². The van der Waals surface area contributed by atoms with E-state index in [9.17, 15) is 0 Å². The molecule has 3 aromatic rings. The van der Waals surface area contributed by atoms with Crippen LogP contribution in [0.4, 0.5) is 23.1 Å². The molecule has 0 saturated carbocycles. The van der Waals surface area contributed by atoms with E-state index in [1.165, 1.54) is 0 Å². The molecule has 2 aromatic carbocycles. The van der Waals surface area contributed by atoms with Crippen LogP contribution in [0.15, 0.2) is 59.1 Å². The molecule has 0 aliphatic heterocycles. The Kier molecular flexibility index (Phi) is 4.96. The summed E-state index contributed by atoms with van der Waals surface area (Å²) in [5.41, 5.74) is 2.62. The molecular weight excluding hydrogens is 368 g/mol. The maximum atomic E-state index is 5.36. The predicted molar refractivity (Wildman–Crippen MR) is 100 cm³/mol. The van der Waals surface area contributed by atoms with E-state index in [1.807, 2.05) is 61.5 Å². The van der Waals surface area contributed by atoms with Gasteiger partial charge in [-0.2, -0.15) is 4.98 Å². The molecule has 0 spiro atoms. The molecule has 122 valence electrons. The molecule has 1 aromatic heterocycles. The van der Waals surface area contributed by atoms with Crippen molar-refractivity contribution < 1.29 is 4.74 Å². The third-order valence-corrected chi connectivity index (χ3v) is 4.04. The number of hydrogen-bond donors (Lipinski definition) is 2. The van der Waals surface area contributed by atoms with Crippen LogP contribution in [0.25, 0.3) is 0 Å². The van der Waals surface area contributed by atoms with Crippen molar-refractivity contribution in [1.82, 2.24) is 9.97 Å². The minimum absolute atomic E-state index is 0.527. The molecule has 0 amide bonds. The van der Waals surface area contributed by atoms with Crippen LogP contribution < -0.4 is 15.4 Å². The largest absolute Gasteiger partial charge is 0.495 e. The van der Waals surface area contributed by atoms with Crippen molar-refractivity contribution in [2.45, 2.75) is 6.92 Å². The molecule has 0 aliphatic carbocycles. The summed E-state index contributed by atoms with van der Waals surface area (Å²) < 4.78 is 6.31. The summed E-state index contributed by atoms with van der Waals surface area (Å²) in [4.78, 5) is 8.97. The minimum Gasteiger partial charge on any atom is -0.495 e. The number of ether oxygens (including phenoxy) is 1. The van der Waals surface area contributed by atoms with E-state index >= 15 is 0 Å². The molecule has 0 unspecified atom stereocenters. The van der Waals surface area contributed by atoms with Gasteiger partial charge in [0.15, 0.2) is 0 Å². The lowest BCUT2D eigenvalue weighted by atomic mass is 10.3. The average molecular weight is 385 g/mol. The highest BCUT2D eigenvalue weighted by Gasteiger charge is 2.07. The molecule has 1 heterocycles. The maximum absolute atomic E-state index is 5.36. The van der Waals surface area contributed by atoms with Crippen LogP contribution >= 0.6 is 15.9 Å². The van der Waals surface area contributed by atoms with Crippen LogP contribution in [0, 0.1) is 6.92 Å². The van der Waals surface area contributed by atoms with Gasteiger partial charge < -0.3 is 15.4 Å². The molecule has 0 fully saturated rings. The van der Waals surface area contributed by atoms with Gasteiger partial charge in [-0.1, -0.05) is 24.3 Å². The van der Waals surface area contributed by atoms with Gasteiger partial charge in [0.2, 0.25) is 5.95 Å². The van der Waals surface area contributed by atoms with Gasteiger partial charge in [-0.05, 0) is 47.1 Å². The van der Waals surface area contributed by atoms with Crippen LogP contribution in [0.1, 0.15) is 5.69 Å². The number of aromatic nitrogens is 2. The van der Waals surface area contributed by atoms with Crippen molar-refractivity contribution >= 4 is 39.1 Å². The highest BCUT2D eigenvalue weighted by molar-refractivity contribution is 9.10. The highest BCUT2D eigenvalue weighted by Crippen LogP contribution is 2.28. The van der Waals surface area contributed by atoms with E-state index in [0.717, 1.165) is 27.3 Å². The van der Waals surface area contributed by atoms with E-state index < -0.39 is 0 Å². The summed E-state index contributed by atoms with van der Waals surface area (Å²) in [6, 6.07) is 17.4. The quantitative estimate of drug-likeness (QED) is 0.644. The van der Waals surface area contributed by atoms with Gasteiger partial charge in [0.05, 0.1) is 18.5 Å². The smallest absolute Gasteiger partial charge is 0.229 e. The topological polar surface area (TPSA) is 59.1 Å².